The van der Waals surface area contributed by atoms with Gasteiger partial charge >= 0.3 is 0 Å². The van der Waals surface area contributed by atoms with Gasteiger partial charge in [-0.2, -0.15) is 0 Å². The summed E-state index contributed by atoms with van der Waals surface area (Å²) < 4.78 is 0. The van der Waals surface area contributed by atoms with Gasteiger partial charge in [-0.05, 0) is 31.2 Å². The van der Waals surface area contributed by atoms with Crippen molar-refractivity contribution in [3.8, 4) is 0 Å². The molecule has 1 aromatic heterocycles. The average molecular weight is 381 g/mol. The number of rotatable bonds is 5. The van der Waals surface area contributed by atoms with Crippen molar-refractivity contribution in [3.63, 3.8) is 0 Å². The van der Waals surface area contributed by atoms with Crippen LogP contribution in [0.1, 0.15) is 16.7 Å². The summed E-state index contributed by atoms with van der Waals surface area (Å²) in [4.78, 5) is 15.9. The van der Waals surface area contributed by atoms with Crippen molar-refractivity contribution in [2.45, 2.75) is 20.0 Å². The minimum absolute atomic E-state index is 0.709. The van der Waals surface area contributed by atoms with Crippen molar-refractivity contribution in [2.24, 2.45) is 4.99 Å². The van der Waals surface area contributed by atoms with Crippen molar-refractivity contribution < 1.29 is 0 Å². The number of nitrogens with one attached hydrogen (secondary N) is 1. The molecule has 0 saturated carbocycles. The highest BCUT2D eigenvalue weighted by atomic mass is 15.3. The Hall–Kier alpha value is -2.60. The lowest BCUT2D eigenvalue weighted by molar-refractivity contribution is 0.312. The van der Waals surface area contributed by atoms with Crippen molar-refractivity contribution in [1.82, 2.24) is 20.1 Å². The molecule has 2 heterocycles. The second kappa shape index (κ2) is 9.55. The number of aromatic nitrogens is 1. The van der Waals surface area contributed by atoms with Gasteiger partial charge in [-0.15, -0.1) is 0 Å². The number of guanidine groups is 1. The molecule has 1 fully saturated rings. The van der Waals surface area contributed by atoms with E-state index >= 15 is 0 Å². The van der Waals surface area contributed by atoms with E-state index in [1.54, 1.807) is 0 Å². The zero-order valence-corrected chi connectivity index (χ0v) is 17.5. The first-order valence-electron chi connectivity index (χ1n) is 9.91. The number of likely N-dealkylation sites (N-methyl/N-ethyl adjacent to an activating group) is 1. The van der Waals surface area contributed by atoms with Gasteiger partial charge in [0.15, 0.2) is 5.96 Å². The summed E-state index contributed by atoms with van der Waals surface area (Å²) in [6.07, 6.45) is 1.97. The Labute approximate surface area is 168 Å². The first-order chi connectivity index (χ1) is 13.5. The van der Waals surface area contributed by atoms with Crippen molar-refractivity contribution in [2.75, 3.05) is 52.2 Å². The molecule has 1 saturated heterocycles. The molecule has 0 amide bonds. The van der Waals surface area contributed by atoms with Crippen molar-refractivity contribution in [1.29, 1.82) is 0 Å². The van der Waals surface area contributed by atoms with Gasteiger partial charge < -0.3 is 20.0 Å². The van der Waals surface area contributed by atoms with Crippen LogP contribution < -0.4 is 10.2 Å². The Morgan fingerprint density at radius 1 is 1.07 bits per heavy atom. The molecule has 0 radical (unpaired) electrons. The Morgan fingerprint density at radius 2 is 1.75 bits per heavy atom. The summed E-state index contributed by atoms with van der Waals surface area (Å²) in [5.74, 6) is 1.95. The fourth-order valence-corrected chi connectivity index (χ4v) is 3.35. The monoisotopic (exact) mass is 380 g/mol. The zero-order chi connectivity index (χ0) is 19.9. The number of benzene rings is 1. The second-order valence-electron chi connectivity index (χ2n) is 7.56. The predicted molar refractivity (Wildman–Crippen MR) is 117 cm³/mol. The summed E-state index contributed by atoms with van der Waals surface area (Å²) in [7, 11) is 6.05. The lowest BCUT2D eigenvalue weighted by Gasteiger charge is -2.33. The van der Waals surface area contributed by atoms with Crippen LogP contribution in [0.15, 0.2) is 47.6 Å². The van der Waals surface area contributed by atoms with Gasteiger partial charge in [0.2, 0.25) is 0 Å². The molecule has 3 rings (SSSR count). The molecule has 1 aromatic carbocycles. The highest BCUT2D eigenvalue weighted by Gasteiger charge is 2.15. The van der Waals surface area contributed by atoms with Crippen LogP contribution in [-0.2, 0) is 13.1 Å². The molecule has 150 valence electrons. The third-order valence-corrected chi connectivity index (χ3v) is 5.20. The van der Waals surface area contributed by atoms with Gasteiger partial charge in [0.25, 0.3) is 0 Å². The fourth-order valence-electron chi connectivity index (χ4n) is 3.35. The molecule has 1 N–H and O–H groups in total. The SMILES string of the molecule is CN=C(NCc1ccc(N2CCN(C)CC2)nc1)N(C)Cc1ccc(C)cc1. The zero-order valence-electron chi connectivity index (χ0n) is 17.5. The van der Waals surface area contributed by atoms with Crippen LogP contribution in [-0.4, -0.2) is 68.1 Å². The van der Waals surface area contributed by atoms with Gasteiger partial charge in [0.1, 0.15) is 5.82 Å². The van der Waals surface area contributed by atoms with Crippen LogP contribution in [0.4, 0.5) is 5.82 Å². The number of aryl methyl sites for hydroxylation is 1. The van der Waals surface area contributed by atoms with E-state index in [1.165, 1.54) is 11.1 Å². The van der Waals surface area contributed by atoms with Gasteiger partial charge in [-0.3, -0.25) is 4.99 Å². The molecule has 0 atom stereocenters. The van der Waals surface area contributed by atoms with Gasteiger partial charge in [-0.25, -0.2) is 4.98 Å². The smallest absolute Gasteiger partial charge is 0.193 e. The predicted octanol–water partition coefficient (Wildman–Crippen LogP) is 2.35. The second-order valence-corrected chi connectivity index (χ2v) is 7.56. The molecule has 0 aliphatic carbocycles. The van der Waals surface area contributed by atoms with Crippen LogP contribution >= 0.6 is 0 Å². The van der Waals surface area contributed by atoms with E-state index in [4.69, 9.17) is 0 Å². The van der Waals surface area contributed by atoms with Crippen LogP contribution in [0, 0.1) is 6.92 Å². The minimum Gasteiger partial charge on any atom is -0.354 e. The normalized spacial score (nSPS) is 15.6. The Kier molecular flexibility index (Phi) is 6.87. The lowest BCUT2D eigenvalue weighted by atomic mass is 10.1. The molecule has 0 bridgehead atoms. The van der Waals surface area contributed by atoms with Crippen LogP contribution in [0.3, 0.4) is 0 Å². The molecule has 6 nitrogen and oxygen atoms in total. The Morgan fingerprint density at radius 3 is 2.36 bits per heavy atom. The number of nitrogens with zero attached hydrogens (tertiary/aromatic N) is 5. The number of hydrogen-bond donors (Lipinski definition) is 1. The van der Waals surface area contributed by atoms with E-state index in [1.807, 2.05) is 13.2 Å². The Bertz CT molecular complexity index is 761. The van der Waals surface area contributed by atoms with E-state index in [9.17, 15) is 0 Å². The fraction of sp³-hybridized carbons (Fsp3) is 0.455. The molecule has 0 unspecified atom stereocenters. The summed E-state index contributed by atoms with van der Waals surface area (Å²) in [5, 5.41) is 3.44. The third kappa shape index (κ3) is 5.45. The summed E-state index contributed by atoms with van der Waals surface area (Å²) in [6.45, 7) is 7.90. The maximum Gasteiger partial charge on any atom is 0.193 e. The molecule has 2 aromatic rings. The number of piperazine rings is 1. The number of hydrogen-bond acceptors (Lipinski definition) is 4. The van der Waals surface area contributed by atoms with Gasteiger partial charge in [0, 0.05) is 59.6 Å². The van der Waals surface area contributed by atoms with E-state index in [-0.39, 0.29) is 0 Å². The molecule has 1 aliphatic rings. The quantitative estimate of drug-likeness (QED) is 0.637. The van der Waals surface area contributed by atoms with Crippen LogP contribution in [0.25, 0.3) is 0 Å². The number of anilines is 1. The molecule has 1 aliphatic heterocycles. The highest BCUT2D eigenvalue weighted by molar-refractivity contribution is 5.79. The topological polar surface area (TPSA) is 47.0 Å². The maximum atomic E-state index is 4.67. The maximum absolute atomic E-state index is 4.67. The summed E-state index contributed by atoms with van der Waals surface area (Å²) in [5.41, 5.74) is 3.71. The third-order valence-electron chi connectivity index (χ3n) is 5.20. The summed E-state index contributed by atoms with van der Waals surface area (Å²) >= 11 is 0. The van der Waals surface area contributed by atoms with Crippen LogP contribution in [0.5, 0.6) is 0 Å². The van der Waals surface area contributed by atoms with Crippen molar-refractivity contribution in [3.05, 3.63) is 59.3 Å². The highest BCUT2D eigenvalue weighted by Crippen LogP contribution is 2.13. The molecule has 6 heteroatoms. The van der Waals surface area contributed by atoms with E-state index in [2.05, 4.69) is 87.4 Å². The number of pyridine rings is 1. The standard InChI is InChI=1S/C22H32N6/c1-18-5-7-19(8-6-18)17-27(4)22(23-2)25-16-20-9-10-21(24-15-20)28-13-11-26(3)12-14-28/h5-10,15H,11-14,16-17H2,1-4H3,(H,23,25). The first kappa shape index (κ1) is 20.1. The first-order valence-corrected chi connectivity index (χ1v) is 9.91. The van der Waals surface area contributed by atoms with Crippen molar-refractivity contribution >= 4 is 11.8 Å². The van der Waals surface area contributed by atoms with E-state index < -0.39 is 0 Å². The van der Waals surface area contributed by atoms with Crippen LogP contribution in [0.2, 0.25) is 0 Å². The van der Waals surface area contributed by atoms with Gasteiger partial charge in [0.05, 0.1) is 0 Å². The average Bonchev–Trinajstić information content (AvgIpc) is 2.71. The number of aliphatic imine (C=N–C) groups is 1. The van der Waals surface area contributed by atoms with Gasteiger partial charge in [-0.1, -0.05) is 35.9 Å². The molecule has 28 heavy (non-hydrogen) atoms. The van der Waals surface area contributed by atoms with E-state index in [0.717, 1.165) is 50.1 Å². The molecular weight excluding hydrogens is 348 g/mol. The molecule has 0 spiro atoms. The lowest BCUT2D eigenvalue weighted by Crippen LogP contribution is -2.44. The minimum atomic E-state index is 0.709. The largest absolute Gasteiger partial charge is 0.354 e. The van der Waals surface area contributed by atoms with E-state index in [0.29, 0.717) is 6.54 Å². The summed E-state index contributed by atoms with van der Waals surface area (Å²) in [6, 6.07) is 12.9. The Balaban J connectivity index is 1.52. The molecular formula is C22H32N6.